The van der Waals surface area contributed by atoms with Gasteiger partial charge >= 0.3 is 5.82 Å². The zero-order valence-electron chi connectivity index (χ0n) is 17.5. The summed E-state index contributed by atoms with van der Waals surface area (Å²) in [6, 6.07) is 16.5. The molecule has 0 aliphatic carbocycles. The Hall–Kier alpha value is -3.12. The molecule has 6 nitrogen and oxygen atoms in total. The lowest BCUT2D eigenvalue weighted by atomic mass is 10.2. The van der Waals surface area contributed by atoms with Gasteiger partial charge in [-0.15, -0.1) is 9.35 Å². The van der Waals surface area contributed by atoms with E-state index in [9.17, 15) is 0 Å². The largest absolute Gasteiger partial charge is 1.00 e. The van der Waals surface area contributed by atoms with Crippen LogP contribution < -0.4 is 26.9 Å². The Morgan fingerprint density at radius 2 is 1.28 bits per heavy atom. The molecule has 1 aromatic heterocycles. The molecule has 0 fully saturated rings. The molecular formula is C22H27ClN6. The van der Waals surface area contributed by atoms with Crippen molar-refractivity contribution in [2.75, 3.05) is 38.0 Å². The second kappa shape index (κ2) is 9.89. The van der Waals surface area contributed by atoms with Crippen molar-refractivity contribution in [1.29, 1.82) is 0 Å². The van der Waals surface area contributed by atoms with Gasteiger partial charge in [-0.2, -0.15) is 0 Å². The molecule has 0 saturated heterocycles. The van der Waals surface area contributed by atoms with E-state index < -0.39 is 0 Å². The van der Waals surface area contributed by atoms with E-state index in [0.717, 1.165) is 17.0 Å². The number of anilines is 2. The van der Waals surface area contributed by atoms with Gasteiger partial charge in [-0.25, -0.2) is 0 Å². The molecule has 2 aromatic carbocycles. The van der Waals surface area contributed by atoms with Crippen LogP contribution in [0.15, 0.2) is 71.1 Å². The van der Waals surface area contributed by atoms with Gasteiger partial charge in [-0.3, -0.25) is 0 Å². The summed E-state index contributed by atoms with van der Waals surface area (Å²) in [5.41, 5.74) is 4.43. The summed E-state index contributed by atoms with van der Waals surface area (Å²) in [6.07, 6.45) is 7.49. The van der Waals surface area contributed by atoms with Crippen LogP contribution in [0.25, 0.3) is 0 Å². The number of imidazole rings is 1. The van der Waals surface area contributed by atoms with E-state index in [1.165, 1.54) is 11.4 Å². The average molecular weight is 411 g/mol. The molecule has 3 rings (SSSR count). The van der Waals surface area contributed by atoms with Gasteiger partial charge in [-0.1, -0.05) is 34.5 Å². The third kappa shape index (κ3) is 5.68. The predicted octanol–water partition coefficient (Wildman–Crippen LogP) is -0.0156. The van der Waals surface area contributed by atoms with Crippen LogP contribution in [0, 0.1) is 6.92 Å². The third-order valence-electron chi connectivity index (χ3n) is 4.49. The van der Waals surface area contributed by atoms with Gasteiger partial charge in [0.05, 0.1) is 12.4 Å². The first kappa shape index (κ1) is 22.2. The lowest BCUT2D eigenvalue weighted by Crippen LogP contribution is -3.00. The number of hydrogen-bond acceptors (Lipinski definition) is 4. The topological polar surface area (TPSA) is 40.0 Å². The van der Waals surface area contributed by atoms with Gasteiger partial charge in [0.25, 0.3) is 0 Å². The zero-order chi connectivity index (χ0) is 20.1. The Morgan fingerprint density at radius 1 is 0.793 bits per heavy atom. The minimum atomic E-state index is 0. The van der Waals surface area contributed by atoms with Crippen molar-refractivity contribution in [3.05, 3.63) is 77.9 Å². The molecule has 152 valence electrons. The number of rotatable bonds is 6. The summed E-state index contributed by atoms with van der Waals surface area (Å²) in [5.74, 6) is 0.919. The van der Waals surface area contributed by atoms with Crippen molar-refractivity contribution >= 4 is 23.8 Å². The second-order valence-corrected chi connectivity index (χ2v) is 7.00. The van der Waals surface area contributed by atoms with E-state index in [0.29, 0.717) is 0 Å². The average Bonchev–Trinajstić information content (AvgIpc) is 3.05. The molecule has 3 aromatic rings. The summed E-state index contributed by atoms with van der Waals surface area (Å²) >= 11 is 0. The third-order valence-corrected chi connectivity index (χ3v) is 4.49. The molecule has 0 bridgehead atoms. The number of hydrogen-bond donors (Lipinski definition) is 0. The highest BCUT2D eigenvalue weighted by Crippen LogP contribution is 2.12. The molecule has 0 spiro atoms. The minimum Gasteiger partial charge on any atom is -1.00 e. The van der Waals surface area contributed by atoms with Crippen LogP contribution in [-0.4, -0.2) is 45.3 Å². The van der Waals surface area contributed by atoms with Crippen LogP contribution in [0.2, 0.25) is 0 Å². The van der Waals surface area contributed by atoms with Crippen molar-refractivity contribution in [3.8, 4) is 0 Å². The Labute approximate surface area is 178 Å². The van der Waals surface area contributed by atoms with Gasteiger partial charge in [0.15, 0.2) is 12.4 Å². The Morgan fingerprint density at radius 3 is 1.76 bits per heavy atom. The normalized spacial score (nSPS) is 11.1. The molecule has 0 amide bonds. The summed E-state index contributed by atoms with van der Waals surface area (Å²) in [7, 11) is 8.12. The Kier molecular flexibility index (Phi) is 7.56. The number of nitrogens with zero attached hydrogens (tertiary/aromatic N) is 6. The minimum absolute atomic E-state index is 0. The molecule has 0 aliphatic heterocycles. The standard InChI is InChI=1S/C22H27N6.ClH/c1-18-27(23-16-19-6-10-21(11-7-19)25(2)3)14-15-28(18)24-17-20-8-12-22(13-9-20)26(4)5;/h6-17H,1-5H3;1H/q+1;/p-1/b23-16+,24-17+;. The number of halogens is 1. The fraction of sp³-hybridized carbons (Fsp3) is 0.227. The smallest absolute Gasteiger partial charge is 0.304 e. The molecule has 0 radical (unpaired) electrons. The van der Waals surface area contributed by atoms with Gasteiger partial charge in [-0.05, 0) is 35.4 Å². The van der Waals surface area contributed by atoms with Crippen molar-refractivity contribution in [2.45, 2.75) is 6.92 Å². The SMILES string of the molecule is Cc1n(/N=C/c2ccc(N(C)C)cc2)cc[n+]1/N=C/c1ccc(N(C)C)cc1.[Cl-]. The molecule has 0 atom stereocenters. The summed E-state index contributed by atoms with van der Waals surface area (Å²) in [6.45, 7) is 1.99. The van der Waals surface area contributed by atoms with Crippen molar-refractivity contribution in [2.24, 2.45) is 10.2 Å². The highest BCUT2D eigenvalue weighted by atomic mass is 35.5. The monoisotopic (exact) mass is 410 g/mol. The molecule has 29 heavy (non-hydrogen) atoms. The van der Waals surface area contributed by atoms with E-state index in [4.69, 9.17) is 0 Å². The molecule has 0 saturated carbocycles. The lowest BCUT2D eigenvalue weighted by molar-refractivity contribution is -0.684. The van der Waals surface area contributed by atoms with E-state index in [-0.39, 0.29) is 12.4 Å². The lowest BCUT2D eigenvalue weighted by Gasteiger charge is -2.11. The fourth-order valence-corrected chi connectivity index (χ4v) is 2.67. The van der Waals surface area contributed by atoms with Crippen LogP contribution in [0.3, 0.4) is 0 Å². The summed E-state index contributed by atoms with van der Waals surface area (Å²) < 4.78 is 3.62. The van der Waals surface area contributed by atoms with Crippen molar-refractivity contribution < 1.29 is 17.1 Å². The van der Waals surface area contributed by atoms with Gasteiger partial charge in [0.2, 0.25) is 0 Å². The molecule has 1 heterocycles. The predicted molar refractivity (Wildman–Crippen MR) is 117 cm³/mol. The summed E-state index contributed by atoms with van der Waals surface area (Å²) in [5, 5.41) is 9.07. The Bertz CT molecular complexity index is 891. The Balaban J connectivity index is 0.00000300. The van der Waals surface area contributed by atoms with Crippen molar-refractivity contribution in [1.82, 2.24) is 4.68 Å². The maximum atomic E-state index is 4.54. The van der Waals surface area contributed by atoms with Crippen LogP contribution in [-0.2, 0) is 0 Å². The van der Waals surface area contributed by atoms with E-state index in [1.54, 1.807) is 0 Å². The molecule has 7 heteroatoms. The maximum absolute atomic E-state index is 4.54. The van der Waals surface area contributed by atoms with Crippen molar-refractivity contribution in [3.63, 3.8) is 0 Å². The van der Waals surface area contributed by atoms with Gasteiger partial charge in [0.1, 0.15) is 0 Å². The highest BCUT2D eigenvalue weighted by molar-refractivity contribution is 5.80. The van der Waals surface area contributed by atoms with Crippen LogP contribution in [0.4, 0.5) is 11.4 Å². The van der Waals surface area contributed by atoms with Gasteiger partial charge in [0, 0.05) is 46.5 Å². The second-order valence-electron chi connectivity index (χ2n) is 7.00. The van der Waals surface area contributed by atoms with Crippen LogP contribution in [0.5, 0.6) is 0 Å². The molecule has 0 unspecified atom stereocenters. The van der Waals surface area contributed by atoms with E-state index in [2.05, 4.69) is 68.5 Å². The first-order valence-corrected chi connectivity index (χ1v) is 9.17. The zero-order valence-corrected chi connectivity index (χ0v) is 18.2. The van der Waals surface area contributed by atoms with Crippen LogP contribution >= 0.6 is 0 Å². The van der Waals surface area contributed by atoms with E-state index in [1.807, 2.05) is 69.3 Å². The summed E-state index contributed by atoms with van der Waals surface area (Å²) in [4.78, 5) is 4.15. The van der Waals surface area contributed by atoms with Gasteiger partial charge < -0.3 is 22.2 Å². The quantitative estimate of drug-likeness (QED) is 0.423. The molecular weight excluding hydrogens is 384 g/mol. The first-order valence-electron chi connectivity index (χ1n) is 9.17. The maximum Gasteiger partial charge on any atom is 0.304 e. The molecule has 0 aliphatic rings. The van der Waals surface area contributed by atoms with E-state index >= 15 is 0 Å². The number of benzene rings is 2. The fourth-order valence-electron chi connectivity index (χ4n) is 2.67. The van der Waals surface area contributed by atoms with Crippen LogP contribution in [0.1, 0.15) is 17.0 Å². The highest BCUT2D eigenvalue weighted by Gasteiger charge is 2.10. The molecule has 0 N–H and O–H groups in total. The first-order chi connectivity index (χ1) is 13.4. The number of aromatic nitrogens is 2.